The van der Waals surface area contributed by atoms with Gasteiger partial charge in [0.2, 0.25) is 0 Å². The second kappa shape index (κ2) is 7.84. The molecule has 4 heteroatoms. The fraction of sp³-hybridized carbons (Fsp3) is 0.471. The SMILES string of the molecule is C=C(C)CNC(N)=NCC(C)(C)NC(C)c1ccccc1. The fourth-order valence-corrected chi connectivity index (χ4v) is 2.04. The van der Waals surface area contributed by atoms with Gasteiger partial charge in [-0.3, -0.25) is 4.99 Å². The highest BCUT2D eigenvalue weighted by Crippen LogP contribution is 2.16. The highest BCUT2D eigenvalue weighted by molar-refractivity contribution is 5.78. The van der Waals surface area contributed by atoms with Crippen molar-refractivity contribution in [3.05, 3.63) is 48.0 Å². The zero-order valence-corrected chi connectivity index (χ0v) is 13.6. The normalized spacial score (nSPS) is 13.8. The van der Waals surface area contributed by atoms with Crippen LogP contribution in [0.4, 0.5) is 0 Å². The lowest BCUT2D eigenvalue weighted by Crippen LogP contribution is -2.44. The van der Waals surface area contributed by atoms with E-state index in [4.69, 9.17) is 5.73 Å². The third kappa shape index (κ3) is 6.95. The van der Waals surface area contributed by atoms with Crippen LogP contribution in [-0.4, -0.2) is 24.6 Å². The molecule has 116 valence electrons. The molecule has 0 saturated carbocycles. The summed E-state index contributed by atoms with van der Waals surface area (Å²) in [5.41, 5.74) is 8.00. The second-order valence-corrected chi connectivity index (χ2v) is 6.17. The highest BCUT2D eigenvalue weighted by Gasteiger charge is 2.20. The van der Waals surface area contributed by atoms with Crippen LogP contribution in [0.3, 0.4) is 0 Å². The Morgan fingerprint density at radius 1 is 1.33 bits per heavy atom. The van der Waals surface area contributed by atoms with Gasteiger partial charge in [-0.2, -0.15) is 0 Å². The average molecular weight is 288 g/mol. The van der Waals surface area contributed by atoms with Gasteiger partial charge in [0.1, 0.15) is 0 Å². The number of benzene rings is 1. The Morgan fingerprint density at radius 3 is 2.52 bits per heavy atom. The molecular weight excluding hydrogens is 260 g/mol. The van der Waals surface area contributed by atoms with Crippen molar-refractivity contribution < 1.29 is 0 Å². The van der Waals surface area contributed by atoms with Crippen LogP contribution in [-0.2, 0) is 0 Å². The van der Waals surface area contributed by atoms with Crippen molar-refractivity contribution in [2.45, 2.75) is 39.3 Å². The molecule has 0 amide bonds. The Hall–Kier alpha value is -1.81. The van der Waals surface area contributed by atoms with Crippen LogP contribution < -0.4 is 16.4 Å². The van der Waals surface area contributed by atoms with Crippen molar-refractivity contribution in [1.29, 1.82) is 0 Å². The van der Waals surface area contributed by atoms with Crippen LogP contribution in [0.5, 0.6) is 0 Å². The Kier molecular flexibility index (Phi) is 6.43. The summed E-state index contributed by atoms with van der Waals surface area (Å²) in [6.45, 7) is 13.5. The van der Waals surface area contributed by atoms with Crippen LogP contribution >= 0.6 is 0 Å². The van der Waals surface area contributed by atoms with E-state index in [0.29, 0.717) is 19.0 Å². The molecule has 1 aromatic rings. The van der Waals surface area contributed by atoms with Crippen molar-refractivity contribution >= 4 is 5.96 Å². The number of rotatable bonds is 7. The molecule has 0 fully saturated rings. The molecule has 4 nitrogen and oxygen atoms in total. The van der Waals surface area contributed by atoms with Gasteiger partial charge in [0.15, 0.2) is 5.96 Å². The number of aliphatic imine (C=N–C) groups is 1. The molecule has 1 atom stereocenters. The van der Waals surface area contributed by atoms with Gasteiger partial charge in [-0.15, -0.1) is 0 Å². The first-order chi connectivity index (χ1) is 9.80. The maximum atomic E-state index is 5.84. The summed E-state index contributed by atoms with van der Waals surface area (Å²) in [6.07, 6.45) is 0. The minimum absolute atomic E-state index is 0.134. The largest absolute Gasteiger partial charge is 0.370 e. The summed E-state index contributed by atoms with van der Waals surface area (Å²) in [7, 11) is 0. The number of guanidine groups is 1. The van der Waals surface area contributed by atoms with E-state index in [0.717, 1.165) is 5.57 Å². The van der Waals surface area contributed by atoms with E-state index in [-0.39, 0.29) is 11.6 Å². The van der Waals surface area contributed by atoms with Gasteiger partial charge in [-0.05, 0) is 33.3 Å². The maximum absolute atomic E-state index is 5.84. The summed E-state index contributed by atoms with van der Waals surface area (Å²) >= 11 is 0. The summed E-state index contributed by atoms with van der Waals surface area (Å²) in [6, 6.07) is 10.6. The molecule has 0 radical (unpaired) electrons. The minimum Gasteiger partial charge on any atom is -0.370 e. The zero-order valence-electron chi connectivity index (χ0n) is 13.6. The second-order valence-electron chi connectivity index (χ2n) is 6.17. The fourth-order valence-electron chi connectivity index (χ4n) is 2.04. The van der Waals surface area contributed by atoms with Gasteiger partial charge in [0.05, 0.1) is 6.54 Å². The first-order valence-electron chi connectivity index (χ1n) is 7.31. The lowest BCUT2D eigenvalue weighted by Gasteiger charge is -2.29. The Morgan fingerprint density at radius 2 is 1.95 bits per heavy atom. The van der Waals surface area contributed by atoms with E-state index in [1.165, 1.54) is 5.56 Å². The van der Waals surface area contributed by atoms with Crippen molar-refractivity contribution in [3.8, 4) is 0 Å². The van der Waals surface area contributed by atoms with Crippen LogP contribution in [0, 0.1) is 0 Å². The summed E-state index contributed by atoms with van der Waals surface area (Å²) in [5.74, 6) is 0.459. The lowest BCUT2D eigenvalue weighted by atomic mass is 10.0. The highest BCUT2D eigenvalue weighted by atomic mass is 15.1. The molecule has 1 unspecified atom stereocenters. The number of nitrogens with zero attached hydrogens (tertiary/aromatic N) is 1. The van der Waals surface area contributed by atoms with Gasteiger partial charge >= 0.3 is 0 Å². The molecule has 0 saturated heterocycles. The van der Waals surface area contributed by atoms with Gasteiger partial charge in [0, 0.05) is 18.1 Å². The van der Waals surface area contributed by atoms with Crippen molar-refractivity contribution in [2.75, 3.05) is 13.1 Å². The molecule has 0 aliphatic carbocycles. The summed E-state index contributed by atoms with van der Waals surface area (Å²) < 4.78 is 0. The predicted octanol–water partition coefficient (Wildman–Crippen LogP) is 2.60. The molecule has 0 spiro atoms. The summed E-state index contributed by atoms with van der Waals surface area (Å²) in [4.78, 5) is 4.39. The molecule has 1 rings (SSSR count). The van der Waals surface area contributed by atoms with Gasteiger partial charge < -0.3 is 16.4 Å². The summed E-state index contributed by atoms with van der Waals surface area (Å²) in [5, 5.41) is 6.62. The number of hydrogen-bond acceptors (Lipinski definition) is 2. The first-order valence-corrected chi connectivity index (χ1v) is 7.31. The average Bonchev–Trinajstić information content (AvgIpc) is 2.43. The molecule has 0 heterocycles. The smallest absolute Gasteiger partial charge is 0.188 e. The van der Waals surface area contributed by atoms with Crippen LogP contribution in [0.15, 0.2) is 47.5 Å². The molecule has 0 aliphatic rings. The topological polar surface area (TPSA) is 62.4 Å². The molecule has 21 heavy (non-hydrogen) atoms. The quantitative estimate of drug-likeness (QED) is 0.410. The van der Waals surface area contributed by atoms with Crippen molar-refractivity contribution in [1.82, 2.24) is 10.6 Å². The Bertz CT molecular complexity index is 477. The standard InChI is InChI=1S/C17H28N4/c1-13(2)11-19-16(18)20-12-17(4,5)21-14(3)15-9-7-6-8-10-15/h6-10,14,21H,1,11-12H2,2-5H3,(H3,18,19,20). The van der Waals surface area contributed by atoms with E-state index in [2.05, 4.69) is 67.2 Å². The predicted molar refractivity (Wildman–Crippen MR) is 91.4 cm³/mol. The molecule has 4 N–H and O–H groups in total. The molecule has 0 bridgehead atoms. The Balaban J connectivity index is 2.53. The Labute approximate surface area is 128 Å². The maximum Gasteiger partial charge on any atom is 0.188 e. The van der Waals surface area contributed by atoms with Crippen LogP contribution in [0.2, 0.25) is 0 Å². The molecule has 0 aromatic heterocycles. The zero-order chi connectivity index (χ0) is 15.9. The monoisotopic (exact) mass is 288 g/mol. The first kappa shape index (κ1) is 17.2. The third-order valence-electron chi connectivity index (χ3n) is 3.12. The van der Waals surface area contributed by atoms with Crippen molar-refractivity contribution in [3.63, 3.8) is 0 Å². The molecule has 1 aromatic carbocycles. The van der Waals surface area contributed by atoms with Gasteiger partial charge in [-0.25, -0.2) is 0 Å². The lowest BCUT2D eigenvalue weighted by molar-refractivity contribution is 0.357. The third-order valence-corrected chi connectivity index (χ3v) is 3.12. The van der Waals surface area contributed by atoms with E-state index in [1.807, 2.05) is 13.0 Å². The van der Waals surface area contributed by atoms with Crippen LogP contribution in [0.25, 0.3) is 0 Å². The van der Waals surface area contributed by atoms with Gasteiger partial charge in [-0.1, -0.05) is 42.5 Å². The number of nitrogens with one attached hydrogen (secondary N) is 2. The van der Waals surface area contributed by atoms with E-state index in [9.17, 15) is 0 Å². The van der Waals surface area contributed by atoms with E-state index in [1.54, 1.807) is 0 Å². The molecular formula is C17H28N4. The number of nitrogens with two attached hydrogens (primary N) is 1. The number of hydrogen-bond donors (Lipinski definition) is 3. The van der Waals surface area contributed by atoms with Gasteiger partial charge in [0.25, 0.3) is 0 Å². The molecule has 0 aliphatic heterocycles. The van der Waals surface area contributed by atoms with Crippen molar-refractivity contribution in [2.24, 2.45) is 10.7 Å². The van der Waals surface area contributed by atoms with E-state index >= 15 is 0 Å². The minimum atomic E-state index is -0.134. The van der Waals surface area contributed by atoms with E-state index < -0.39 is 0 Å². The van der Waals surface area contributed by atoms with Crippen LogP contribution in [0.1, 0.15) is 39.3 Å².